The summed E-state index contributed by atoms with van der Waals surface area (Å²) in [4.78, 5) is 24.7. The smallest absolute Gasteiger partial charge is 0.305 e. The Kier molecular flexibility index (Phi) is 6.01. The van der Waals surface area contributed by atoms with E-state index in [4.69, 9.17) is 9.47 Å². The van der Waals surface area contributed by atoms with Gasteiger partial charge in [-0.2, -0.15) is 5.26 Å². The Balaban J connectivity index is 1.48. The van der Waals surface area contributed by atoms with Crippen molar-refractivity contribution < 1.29 is 19.1 Å². The summed E-state index contributed by atoms with van der Waals surface area (Å²) in [5.41, 5.74) is 3.17. The zero-order chi connectivity index (χ0) is 22.0. The molecule has 0 aromatic heterocycles. The summed E-state index contributed by atoms with van der Waals surface area (Å²) in [6.45, 7) is 2.57. The maximum absolute atomic E-state index is 13.1. The number of nitrogens with one attached hydrogen (secondary N) is 1. The zero-order valence-electron chi connectivity index (χ0n) is 17.0. The second-order valence-corrected chi connectivity index (χ2v) is 8.80. The molecular weight excluding hydrogens is 507 g/mol. The Bertz CT molecular complexity index is 1130. The Morgan fingerprint density at radius 3 is 2.90 bits per heavy atom. The number of hydrogen-bond acceptors (Lipinski definition) is 5. The second kappa shape index (κ2) is 8.71. The summed E-state index contributed by atoms with van der Waals surface area (Å²) in [6, 6.07) is 13.3. The van der Waals surface area contributed by atoms with Crippen LogP contribution in [0, 0.1) is 14.9 Å². The van der Waals surface area contributed by atoms with Gasteiger partial charge in [-0.05, 0) is 78.3 Å². The van der Waals surface area contributed by atoms with E-state index >= 15 is 0 Å². The van der Waals surface area contributed by atoms with Gasteiger partial charge in [0.1, 0.15) is 12.4 Å². The SMILES string of the molecule is CCOC(=O)CCCc1ccc(C#N)cc1NC(=O)C1=C[C@]12COc1ccc(I)cc12. The van der Waals surface area contributed by atoms with Crippen LogP contribution >= 0.6 is 22.6 Å². The molecule has 2 aromatic rings. The molecule has 0 radical (unpaired) electrons. The van der Waals surface area contributed by atoms with Gasteiger partial charge in [0.25, 0.3) is 5.91 Å². The molecule has 1 aliphatic carbocycles. The first-order valence-electron chi connectivity index (χ1n) is 10.1. The van der Waals surface area contributed by atoms with Crippen LogP contribution in [-0.4, -0.2) is 25.1 Å². The molecule has 2 aliphatic rings. The average Bonchev–Trinajstić information content (AvgIpc) is 3.39. The van der Waals surface area contributed by atoms with Crippen molar-refractivity contribution in [3.8, 4) is 11.8 Å². The minimum Gasteiger partial charge on any atom is -0.492 e. The van der Waals surface area contributed by atoms with Gasteiger partial charge in [-0.25, -0.2) is 0 Å². The lowest BCUT2D eigenvalue weighted by atomic mass is 9.92. The average molecular weight is 528 g/mol. The van der Waals surface area contributed by atoms with Crippen molar-refractivity contribution >= 4 is 40.2 Å². The number of benzene rings is 2. The van der Waals surface area contributed by atoms with E-state index in [-0.39, 0.29) is 11.9 Å². The number of nitrogens with zero attached hydrogens (tertiary/aromatic N) is 1. The zero-order valence-corrected chi connectivity index (χ0v) is 19.2. The third-order valence-electron chi connectivity index (χ3n) is 5.53. The predicted molar refractivity (Wildman–Crippen MR) is 124 cm³/mol. The molecule has 0 bridgehead atoms. The predicted octanol–water partition coefficient (Wildman–Crippen LogP) is 4.26. The minimum atomic E-state index is -0.461. The van der Waals surface area contributed by atoms with E-state index in [9.17, 15) is 14.9 Å². The molecule has 31 heavy (non-hydrogen) atoms. The molecule has 1 amide bonds. The number of carbonyl (C=O) groups is 2. The van der Waals surface area contributed by atoms with Crippen LogP contribution in [0.15, 0.2) is 48.0 Å². The molecular formula is C24H21IN2O4. The van der Waals surface area contributed by atoms with Crippen LogP contribution in [-0.2, 0) is 26.2 Å². The number of amides is 1. The van der Waals surface area contributed by atoms with Crippen LogP contribution in [0.4, 0.5) is 5.69 Å². The van der Waals surface area contributed by atoms with Gasteiger partial charge in [0, 0.05) is 26.8 Å². The molecule has 1 atom stereocenters. The maximum Gasteiger partial charge on any atom is 0.305 e. The van der Waals surface area contributed by atoms with E-state index in [0.717, 1.165) is 20.4 Å². The second-order valence-electron chi connectivity index (χ2n) is 7.55. The Hall–Kier alpha value is -2.86. The molecule has 7 heteroatoms. The van der Waals surface area contributed by atoms with Gasteiger partial charge < -0.3 is 14.8 Å². The van der Waals surface area contributed by atoms with E-state index in [2.05, 4.69) is 40.0 Å². The molecule has 0 fully saturated rings. The van der Waals surface area contributed by atoms with Gasteiger partial charge in [-0.3, -0.25) is 9.59 Å². The summed E-state index contributed by atoms with van der Waals surface area (Å²) < 4.78 is 11.9. The third-order valence-corrected chi connectivity index (χ3v) is 6.20. The van der Waals surface area contributed by atoms with Crippen molar-refractivity contribution in [1.82, 2.24) is 0 Å². The van der Waals surface area contributed by atoms with E-state index in [1.54, 1.807) is 19.1 Å². The summed E-state index contributed by atoms with van der Waals surface area (Å²) in [6.07, 6.45) is 3.44. The van der Waals surface area contributed by atoms with E-state index < -0.39 is 5.41 Å². The van der Waals surface area contributed by atoms with E-state index in [1.807, 2.05) is 24.3 Å². The molecule has 1 aliphatic heterocycles. The fourth-order valence-corrected chi connectivity index (χ4v) is 4.38. The highest BCUT2D eigenvalue weighted by molar-refractivity contribution is 14.1. The number of ether oxygens (including phenoxy) is 2. The van der Waals surface area contributed by atoms with Crippen molar-refractivity contribution in [3.63, 3.8) is 0 Å². The van der Waals surface area contributed by atoms with Gasteiger partial charge >= 0.3 is 5.97 Å². The Morgan fingerprint density at radius 2 is 2.13 bits per heavy atom. The van der Waals surface area contributed by atoms with Gasteiger partial charge in [0.2, 0.25) is 0 Å². The molecule has 6 nitrogen and oxygen atoms in total. The molecule has 4 rings (SSSR count). The van der Waals surface area contributed by atoms with Crippen LogP contribution in [0.25, 0.3) is 0 Å². The fraction of sp³-hybridized carbons (Fsp3) is 0.292. The van der Waals surface area contributed by atoms with Gasteiger partial charge in [0.05, 0.1) is 23.7 Å². The van der Waals surface area contributed by atoms with Gasteiger partial charge in [-0.1, -0.05) is 12.1 Å². The van der Waals surface area contributed by atoms with Gasteiger partial charge in [0.15, 0.2) is 0 Å². The summed E-state index contributed by atoms with van der Waals surface area (Å²) in [5.74, 6) is 0.379. The normalized spacial score (nSPS) is 17.9. The standard InChI is InChI=1S/C24H21IN2O4/c1-2-30-22(28)5-3-4-16-7-6-15(13-26)10-20(16)27-23(29)19-12-24(19)14-31-21-9-8-17(25)11-18(21)24/h6-12H,2-5,14H2,1H3,(H,27,29)/t24-/m1/s1. The quantitative estimate of drug-likeness (QED) is 0.429. The van der Waals surface area contributed by atoms with Crippen LogP contribution in [0.2, 0.25) is 0 Å². The minimum absolute atomic E-state index is 0.197. The van der Waals surface area contributed by atoms with Crippen LogP contribution < -0.4 is 10.1 Å². The van der Waals surface area contributed by atoms with Crippen LogP contribution in [0.5, 0.6) is 5.75 Å². The molecule has 1 N–H and O–H groups in total. The molecule has 158 valence electrons. The monoisotopic (exact) mass is 528 g/mol. The summed E-state index contributed by atoms with van der Waals surface area (Å²) >= 11 is 2.25. The lowest BCUT2D eigenvalue weighted by Gasteiger charge is -2.13. The first-order valence-corrected chi connectivity index (χ1v) is 11.2. The molecule has 0 saturated carbocycles. The lowest BCUT2D eigenvalue weighted by Crippen LogP contribution is -2.22. The summed E-state index contributed by atoms with van der Waals surface area (Å²) in [5, 5.41) is 12.2. The number of anilines is 1. The van der Waals surface area contributed by atoms with Crippen molar-refractivity contribution in [2.75, 3.05) is 18.5 Å². The van der Waals surface area contributed by atoms with Crippen molar-refractivity contribution in [2.45, 2.75) is 31.6 Å². The summed E-state index contributed by atoms with van der Waals surface area (Å²) in [7, 11) is 0. The Labute approximate surface area is 194 Å². The molecule has 1 heterocycles. The number of fused-ring (bicyclic) bond motifs is 2. The van der Waals surface area contributed by atoms with E-state index in [1.165, 1.54) is 0 Å². The van der Waals surface area contributed by atoms with E-state index in [0.29, 0.717) is 49.3 Å². The molecule has 0 unspecified atom stereocenters. The van der Waals surface area contributed by atoms with Gasteiger partial charge in [-0.15, -0.1) is 0 Å². The highest BCUT2D eigenvalue weighted by Gasteiger charge is 2.54. The number of carbonyl (C=O) groups excluding carboxylic acids is 2. The highest BCUT2D eigenvalue weighted by atomic mass is 127. The maximum atomic E-state index is 13.1. The molecule has 1 spiro atoms. The first kappa shape index (κ1) is 21.4. The lowest BCUT2D eigenvalue weighted by molar-refractivity contribution is -0.143. The molecule has 0 saturated heterocycles. The topological polar surface area (TPSA) is 88.4 Å². The van der Waals surface area contributed by atoms with Crippen molar-refractivity contribution in [2.24, 2.45) is 0 Å². The van der Waals surface area contributed by atoms with Crippen molar-refractivity contribution in [1.29, 1.82) is 5.26 Å². The first-order chi connectivity index (χ1) is 15.0. The number of hydrogen-bond donors (Lipinski definition) is 1. The Morgan fingerprint density at radius 1 is 1.29 bits per heavy atom. The highest BCUT2D eigenvalue weighted by Crippen LogP contribution is 2.54. The molecule has 2 aromatic carbocycles. The largest absolute Gasteiger partial charge is 0.492 e. The number of aryl methyl sites for hydroxylation is 1. The van der Waals surface area contributed by atoms with Crippen LogP contribution in [0.3, 0.4) is 0 Å². The third kappa shape index (κ3) is 4.30. The number of halogens is 1. The number of nitriles is 1. The van der Waals surface area contributed by atoms with Crippen LogP contribution in [0.1, 0.15) is 36.5 Å². The fourth-order valence-electron chi connectivity index (χ4n) is 3.89. The number of esters is 1. The van der Waals surface area contributed by atoms with Crippen molar-refractivity contribution in [3.05, 3.63) is 68.3 Å². The number of rotatable bonds is 7.